The second kappa shape index (κ2) is 10.3. The fourth-order valence-corrected chi connectivity index (χ4v) is 4.49. The Morgan fingerprint density at radius 2 is 1.82 bits per heavy atom. The number of benzene rings is 2. The molecule has 1 heterocycles. The van der Waals surface area contributed by atoms with Crippen LogP contribution in [-0.4, -0.2) is 17.1 Å². The molecule has 3 nitrogen and oxygen atoms in total. The summed E-state index contributed by atoms with van der Waals surface area (Å²) in [7, 11) is 0. The summed E-state index contributed by atoms with van der Waals surface area (Å²) in [6.45, 7) is 5.63. The highest BCUT2D eigenvalue weighted by Gasteiger charge is 2.39. The van der Waals surface area contributed by atoms with Gasteiger partial charge in [-0.25, -0.2) is 4.98 Å². The molecule has 33 heavy (non-hydrogen) atoms. The molecule has 0 radical (unpaired) electrons. The van der Waals surface area contributed by atoms with Gasteiger partial charge < -0.3 is 5.32 Å². The highest BCUT2D eigenvalue weighted by atomic mass is 35.5. The maximum atomic E-state index is 13.8. The van der Waals surface area contributed by atoms with E-state index in [9.17, 15) is 18.0 Å². The van der Waals surface area contributed by atoms with Crippen LogP contribution < -0.4 is 5.32 Å². The van der Waals surface area contributed by atoms with E-state index in [0.717, 1.165) is 16.0 Å². The van der Waals surface area contributed by atoms with Crippen molar-refractivity contribution in [1.82, 2.24) is 10.3 Å². The van der Waals surface area contributed by atoms with E-state index >= 15 is 0 Å². The number of halogens is 5. The van der Waals surface area contributed by atoms with Gasteiger partial charge in [0.2, 0.25) is 0 Å². The van der Waals surface area contributed by atoms with Crippen molar-refractivity contribution in [2.24, 2.45) is 0 Å². The summed E-state index contributed by atoms with van der Waals surface area (Å²) < 4.78 is 41.3. The van der Waals surface area contributed by atoms with Crippen LogP contribution in [0.25, 0.3) is 6.08 Å². The highest BCUT2D eigenvalue weighted by Crippen LogP contribution is 2.39. The smallest absolute Gasteiger partial charge is 0.347 e. The molecule has 2 aromatic carbocycles. The second-order valence-electron chi connectivity index (χ2n) is 7.59. The Morgan fingerprint density at radius 3 is 2.36 bits per heavy atom. The van der Waals surface area contributed by atoms with Crippen LogP contribution in [0.2, 0.25) is 10.0 Å². The fraction of sp³-hybridized carbons (Fsp3) is 0.250. The number of alkyl halides is 3. The van der Waals surface area contributed by atoms with E-state index in [1.807, 2.05) is 6.92 Å². The van der Waals surface area contributed by atoms with E-state index in [1.54, 1.807) is 38.2 Å². The van der Waals surface area contributed by atoms with E-state index in [-0.39, 0.29) is 21.5 Å². The van der Waals surface area contributed by atoms with E-state index in [1.165, 1.54) is 29.5 Å². The Balaban J connectivity index is 1.79. The first-order valence-electron chi connectivity index (χ1n) is 9.96. The third-order valence-corrected chi connectivity index (χ3v) is 6.78. The molecule has 0 aliphatic rings. The first-order valence-corrected chi connectivity index (χ1v) is 11.5. The van der Waals surface area contributed by atoms with Crippen molar-refractivity contribution in [3.8, 4) is 0 Å². The van der Waals surface area contributed by atoms with Crippen molar-refractivity contribution >= 4 is 46.5 Å². The van der Waals surface area contributed by atoms with Crippen LogP contribution in [0.15, 0.2) is 42.6 Å². The zero-order chi connectivity index (χ0) is 24.3. The standard InChI is InChI=1S/C24H21Cl2F3N2OS/c1-13-8-16(4-6-19(13)23(32)31-12-18-11-30-15(3)33-18)5-7-20(24(27,28)29)17-9-21(25)14(2)22(26)10-17/h4-11,20H,12H2,1-3H3,(H,31,32)/b7-5+. The Bertz CT molecular complexity index is 1180. The van der Waals surface area contributed by atoms with Crippen LogP contribution in [0, 0.1) is 20.8 Å². The normalized spacial score (nSPS) is 12.8. The number of hydrogen-bond acceptors (Lipinski definition) is 3. The lowest BCUT2D eigenvalue weighted by molar-refractivity contribution is -0.139. The molecular weight excluding hydrogens is 492 g/mol. The summed E-state index contributed by atoms with van der Waals surface area (Å²) in [6, 6.07) is 7.45. The van der Waals surface area contributed by atoms with Crippen LogP contribution in [0.5, 0.6) is 0 Å². The van der Waals surface area contributed by atoms with Gasteiger partial charge in [0.05, 0.1) is 17.5 Å². The zero-order valence-corrected chi connectivity index (χ0v) is 20.4. The molecule has 1 aromatic heterocycles. The number of thiazole rings is 1. The summed E-state index contributed by atoms with van der Waals surface area (Å²) in [5, 5.41) is 4.11. The van der Waals surface area contributed by atoms with Crippen molar-refractivity contribution in [2.45, 2.75) is 39.4 Å². The second-order valence-corrected chi connectivity index (χ2v) is 9.72. The van der Waals surface area contributed by atoms with Gasteiger partial charge in [-0.2, -0.15) is 13.2 Å². The van der Waals surface area contributed by atoms with E-state index in [0.29, 0.717) is 28.8 Å². The molecule has 1 amide bonds. The monoisotopic (exact) mass is 512 g/mol. The number of carbonyl (C=O) groups excluding carboxylic acids is 1. The first-order chi connectivity index (χ1) is 15.5. The highest BCUT2D eigenvalue weighted by molar-refractivity contribution is 7.11. The molecule has 9 heteroatoms. The minimum atomic E-state index is -4.53. The van der Waals surface area contributed by atoms with Crippen molar-refractivity contribution < 1.29 is 18.0 Å². The number of carbonyl (C=O) groups is 1. The molecule has 0 aliphatic heterocycles. The minimum Gasteiger partial charge on any atom is -0.347 e. The van der Waals surface area contributed by atoms with E-state index in [2.05, 4.69) is 10.3 Å². The lowest BCUT2D eigenvalue weighted by Crippen LogP contribution is -2.23. The molecule has 0 saturated carbocycles. The van der Waals surface area contributed by atoms with Crippen LogP contribution in [-0.2, 0) is 6.54 Å². The molecule has 0 bridgehead atoms. The van der Waals surface area contributed by atoms with Gasteiger partial charge in [0.1, 0.15) is 0 Å². The average Bonchev–Trinajstić information content (AvgIpc) is 3.14. The van der Waals surface area contributed by atoms with Crippen molar-refractivity contribution in [2.75, 3.05) is 0 Å². The Morgan fingerprint density at radius 1 is 1.15 bits per heavy atom. The molecule has 3 aromatic rings. The van der Waals surface area contributed by atoms with Crippen LogP contribution in [0.1, 0.15) is 48.4 Å². The number of nitrogens with one attached hydrogen (secondary N) is 1. The molecule has 0 fully saturated rings. The van der Waals surface area contributed by atoms with Gasteiger partial charge in [-0.15, -0.1) is 11.3 Å². The lowest BCUT2D eigenvalue weighted by atomic mass is 9.95. The van der Waals surface area contributed by atoms with Gasteiger partial charge in [0.25, 0.3) is 5.91 Å². The SMILES string of the molecule is Cc1ncc(CNC(=O)c2ccc(/C=C/C(c3cc(Cl)c(C)c(Cl)c3)C(F)(F)F)cc2C)s1. The van der Waals surface area contributed by atoms with Crippen molar-refractivity contribution in [1.29, 1.82) is 0 Å². The number of rotatable bonds is 6. The Kier molecular flexibility index (Phi) is 7.88. The molecule has 0 spiro atoms. The number of aromatic nitrogens is 1. The maximum Gasteiger partial charge on any atom is 0.399 e. The van der Waals surface area contributed by atoms with Gasteiger partial charge in [0.15, 0.2) is 0 Å². The number of amides is 1. The van der Waals surface area contributed by atoms with E-state index in [4.69, 9.17) is 23.2 Å². The molecule has 1 atom stereocenters. The summed E-state index contributed by atoms with van der Waals surface area (Å²) in [5.41, 5.74) is 2.14. The average molecular weight is 513 g/mol. The van der Waals surface area contributed by atoms with Gasteiger partial charge in [-0.3, -0.25) is 4.79 Å². The lowest BCUT2D eigenvalue weighted by Gasteiger charge is -2.19. The van der Waals surface area contributed by atoms with E-state index < -0.39 is 12.1 Å². The van der Waals surface area contributed by atoms with Gasteiger partial charge in [-0.1, -0.05) is 47.5 Å². The minimum absolute atomic E-state index is 0.0367. The van der Waals surface area contributed by atoms with Gasteiger partial charge >= 0.3 is 6.18 Å². The molecule has 1 unspecified atom stereocenters. The summed E-state index contributed by atoms with van der Waals surface area (Å²) in [5.74, 6) is -2.13. The van der Waals surface area contributed by atoms with Gasteiger partial charge in [-0.05, 0) is 61.2 Å². The number of hydrogen-bond donors (Lipinski definition) is 1. The predicted molar refractivity (Wildman–Crippen MR) is 128 cm³/mol. The molecule has 174 valence electrons. The quantitative estimate of drug-likeness (QED) is 0.368. The number of nitrogens with zero attached hydrogens (tertiary/aromatic N) is 1. The largest absolute Gasteiger partial charge is 0.399 e. The fourth-order valence-electron chi connectivity index (χ4n) is 3.26. The number of aryl methyl sites for hydroxylation is 2. The molecule has 0 saturated heterocycles. The van der Waals surface area contributed by atoms with Crippen molar-refractivity contribution in [3.05, 3.63) is 90.4 Å². The molecular formula is C24H21Cl2F3N2OS. The topological polar surface area (TPSA) is 42.0 Å². The van der Waals surface area contributed by atoms with Crippen LogP contribution in [0.4, 0.5) is 13.2 Å². The maximum absolute atomic E-state index is 13.8. The van der Waals surface area contributed by atoms with Crippen molar-refractivity contribution in [3.63, 3.8) is 0 Å². The third-order valence-electron chi connectivity index (χ3n) is 5.08. The first kappa shape index (κ1) is 25.3. The predicted octanol–water partition coefficient (Wildman–Crippen LogP) is 7.66. The van der Waals surface area contributed by atoms with Gasteiger partial charge in [0, 0.05) is 26.7 Å². The molecule has 1 N–H and O–H groups in total. The number of allylic oxidation sites excluding steroid dienone is 1. The summed E-state index contributed by atoms with van der Waals surface area (Å²) in [6.07, 6.45) is -0.360. The van der Waals surface area contributed by atoms with Crippen LogP contribution in [0.3, 0.4) is 0 Å². The Hall–Kier alpha value is -2.35. The third kappa shape index (κ3) is 6.37. The Labute approximate surface area is 204 Å². The molecule has 0 aliphatic carbocycles. The molecule has 3 rings (SSSR count). The summed E-state index contributed by atoms with van der Waals surface area (Å²) in [4.78, 5) is 17.6. The zero-order valence-electron chi connectivity index (χ0n) is 18.1. The van der Waals surface area contributed by atoms with Crippen LogP contribution >= 0.6 is 34.5 Å². The summed E-state index contributed by atoms with van der Waals surface area (Å²) >= 11 is 13.6.